The molecule has 0 spiro atoms. The van der Waals surface area contributed by atoms with Crippen LogP contribution in [0, 0.1) is 5.92 Å². The molecular formula is C10H18Br2. The molecule has 2 atom stereocenters. The summed E-state index contributed by atoms with van der Waals surface area (Å²) in [4.78, 5) is 0.637. The molecule has 72 valence electrons. The quantitative estimate of drug-likeness (QED) is 0.517. The Morgan fingerprint density at radius 1 is 1.50 bits per heavy atom. The second kappa shape index (κ2) is 7.14. The van der Waals surface area contributed by atoms with Crippen LogP contribution < -0.4 is 0 Å². The second-order valence-electron chi connectivity index (χ2n) is 3.20. The summed E-state index contributed by atoms with van der Waals surface area (Å²) in [7, 11) is 0. The SMILES string of the molecule is CCCC(Br)[C@@H](C)/C(C)=C\CBr. The minimum Gasteiger partial charge on any atom is -0.0884 e. The molecule has 0 aromatic carbocycles. The lowest BCUT2D eigenvalue weighted by Crippen LogP contribution is -2.11. The molecule has 0 nitrogen and oxygen atoms in total. The van der Waals surface area contributed by atoms with Gasteiger partial charge in [0.15, 0.2) is 0 Å². The summed E-state index contributed by atoms with van der Waals surface area (Å²) in [5.41, 5.74) is 1.47. The normalized spacial score (nSPS) is 17.6. The molecule has 0 saturated heterocycles. The first-order valence-corrected chi connectivity index (χ1v) is 6.53. The van der Waals surface area contributed by atoms with E-state index in [0.29, 0.717) is 10.7 Å². The monoisotopic (exact) mass is 296 g/mol. The summed E-state index contributed by atoms with van der Waals surface area (Å²) in [6.07, 6.45) is 4.76. The van der Waals surface area contributed by atoms with Gasteiger partial charge in [0.1, 0.15) is 0 Å². The summed E-state index contributed by atoms with van der Waals surface area (Å²) < 4.78 is 0. The van der Waals surface area contributed by atoms with Gasteiger partial charge in [0, 0.05) is 10.2 Å². The smallest absolute Gasteiger partial charge is 0.0214 e. The van der Waals surface area contributed by atoms with Crippen LogP contribution in [-0.4, -0.2) is 10.2 Å². The zero-order valence-electron chi connectivity index (χ0n) is 8.11. The van der Waals surface area contributed by atoms with Crippen molar-refractivity contribution < 1.29 is 0 Å². The van der Waals surface area contributed by atoms with Crippen LogP contribution in [0.25, 0.3) is 0 Å². The first-order valence-electron chi connectivity index (χ1n) is 4.50. The Bertz CT molecular complexity index is 141. The minimum absolute atomic E-state index is 0.637. The third-order valence-electron chi connectivity index (χ3n) is 2.22. The Labute approximate surface area is 93.1 Å². The van der Waals surface area contributed by atoms with Gasteiger partial charge in [-0.3, -0.25) is 0 Å². The Morgan fingerprint density at radius 3 is 2.50 bits per heavy atom. The largest absolute Gasteiger partial charge is 0.0884 e. The van der Waals surface area contributed by atoms with Gasteiger partial charge in [0.05, 0.1) is 0 Å². The van der Waals surface area contributed by atoms with Gasteiger partial charge >= 0.3 is 0 Å². The van der Waals surface area contributed by atoms with E-state index in [-0.39, 0.29) is 0 Å². The molecule has 0 aliphatic rings. The van der Waals surface area contributed by atoms with Crippen LogP contribution in [-0.2, 0) is 0 Å². The van der Waals surface area contributed by atoms with Crippen molar-refractivity contribution in [3.8, 4) is 0 Å². The zero-order valence-corrected chi connectivity index (χ0v) is 11.3. The molecule has 0 aliphatic heterocycles. The molecule has 0 fully saturated rings. The summed E-state index contributed by atoms with van der Waals surface area (Å²) in [5.74, 6) is 0.655. The molecule has 0 N–H and O–H groups in total. The van der Waals surface area contributed by atoms with Gasteiger partial charge in [0.2, 0.25) is 0 Å². The van der Waals surface area contributed by atoms with Gasteiger partial charge in [-0.2, -0.15) is 0 Å². The van der Waals surface area contributed by atoms with E-state index in [1.165, 1.54) is 18.4 Å². The molecule has 0 saturated carbocycles. The third kappa shape index (κ3) is 4.66. The predicted molar refractivity (Wildman–Crippen MR) is 64.3 cm³/mol. The summed E-state index contributed by atoms with van der Waals surface area (Å²) in [6.45, 7) is 6.71. The molecule has 1 unspecified atom stereocenters. The van der Waals surface area contributed by atoms with Crippen molar-refractivity contribution in [1.29, 1.82) is 0 Å². The molecule has 0 aliphatic carbocycles. The third-order valence-corrected chi connectivity index (χ3v) is 3.80. The summed E-state index contributed by atoms with van der Waals surface area (Å²) in [5, 5.41) is 0.967. The molecule has 0 aromatic rings. The van der Waals surface area contributed by atoms with E-state index in [1.54, 1.807) is 0 Å². The lowest BCUT2D eigenvalue weighted by molar-refractivity contribution is 0.597. The molecule has 0 heterocycles. The Morgan fingerprint density at radius 2 is 2.08 bits per heavy atom. The summed E-state index contributed by atoms with van der Waals surface area (Å²) >= 11 is 7.13. The van der Waals surface area contributed by atoms with Crippen molar-refractivity contribution in [2.75, 3.05) is 5.33 Å². The lowest BCUT2D eigenvalue weighted by Gasteiger charge is -2.18. The first kappa shape index (κ1) is 12.7. The highest BCUT2D eigenvalue weighted by Gasteiger charge is 2.13. The summed E-state index contributed by atoms with van der Waals surface area (Å²) in [6, 6.07) is 0. The van der Waals surface area contributed by atoms with Crippen molar-refractivity contribution in [3.05, 3.63) is 11.6 Å². The molecule has 2 heteroatoms. The van der Waals surface area contributed by atoms with Crippen LogP contribution in [0.2, 0.25) is 0 Å². The molecule has 0 aromatic heterocycles. The van der Waals surface area contributed by atoms with Crippen LogP contribution in [0.15, 0.2) is 11.6 Å². The number of hydrogen-bond donors (Lipinski definition) is 0. The van der Waals surface area contributed by atoms with Crippen LogP contribution in [0.4, 0.5) is 0 Å². The van der Waals surface area contributed by atoms with E-state index < -0.39 is 0 Å². The van der Waals surface area contributed by atoms with Gasteiger partial charge in [-0.25, -0.2) is 0 Å². The number of allylic oxidation sites excluding steroid dienone is 2. The van der Waals surface area contributed by atoms with Crippen LogP contribution in [0.3, 0.4) is 0 Å². The van der Waals surface area contributed by atoms with E-state index in [1.807, 2.05) is 0 Å². The van der Waals surface area contributed by atoms with Gasteiger partial charge in [0.25, 0.3) is 0 Å². The fraction of sp³-hybridized carbons (Fsp3) is 0.800. The highest BCUT2D eigenvalue weighted by molar-refractivity contribution is 9.09. The standard InChI is InChI=1S/C10H18Br2/c1-4-5-10(12)9(3)8(2)6-7-11/h6,9-10H,4-5,7H2,1-3H3/b8-6-/t9-,10?/m0/s1. The zero-order chi connectivity index (χ0) is 9.56. The highest BCUT2D eigenvalue weighted by atomic mass is 79.9. The van der Waals surface area contributed by atoms with Crippen LogP contribution >= 0.6 is 31.9 Å². The van der Waals surface area contributed by atoms with Crippen molar-refractivity contribution in [2.24, 2.45) is 5.92 Å². The van der Waals surface area contributed by atoms with Gasteiger partial charge < -0.3 is 0 Å². The number of hydrogen-bond acceptors (Lipinski definition) is 0. The molecule has 0 radical (unpaired) electrons. The highest BCUT2D eigenvalue weighted by Crippen LogP contribution is 2.24. The van der Waals surface area contributed by atoms with Crippen molar-refractivity contribution in [2.45, 2.75) is 38.4 Å². The van der Waals surface area contributed by atoms with Crippen molar-refractivity contribution in [3.63, 3.8) is 0 Å². The Balaban J connectivity index is 3.99. The van der Waals surface area contributed by atoms with E-state index >= 15 is 0 Å². The topological polar surface area (TPSA) is 0 Å². The van der Waals surface area contributed by atoms with Crippen molar-refractivity contribution >= 4 is 31.9 Å². The molecule has 0 rings (SSSR count). The number of alkyl halides is 2. The minimum atomic E-state index is 0.637. The van der Waals surface area contributed by atoms with E-state index in [9.17, 15) is 0 Å². The van der Waals surface area contributed by atoms with E-state index in [2.05, 4.69) is 58.7 Å². The maximum absolute atomic E-state index is 3.72. The predicted octanol–water partition coefficient (Wildman–Crippen LogP) is 4.53. The van der Waals surface area contributed by atoms with E-state index in [0.717, 1.165) is 5.33 Å². The fourth-order valence-electron chi connectivity index (χ4n) is 1.12. The van der Waals surface area contributed by atoms with Crippen LogP contribution in [0.5, 0.6) is 0 Å². The van der Waals surface area contributed by atoms with E-state index in [4.69, 9.17) is 0 Å². The Kier molecular flexibility index (Phi) is 7.55. The van der Waals surface area contributed by atoms with Crippen LogP contribution in [0.1, 0.15) is 33.6 Å². The number of rotatable bonds is 5. The molecular weight excluding hydrogens is 280 g/mol. The molecule has 0 bridgehead atoms. The fourth-order valence-corrected chi connectivity index (χ4v) is 2.50. The average molecular weight is 298 g/mol. The molecule has 0 amide bonds. The van der Waals surface area contributed by atoms with Gasteiger partial charge in [-0.1, -0.05) is 63.8 Å². The van der Waals surface area contributed by atoms with Crippen molar-refractivity contribution in [1.82, 2.24) is 0 Å². The maximum atomic E-state index is 3.72. The first-order chi connectivity index (χ1) is 5.63. The lowest BCUT2D eigenvalue weighted by atomic mass is 9.96. The van der Waals surface area contributed by atoms with Gasteiger partial charge in [-0.15, -0.1) is 0 Å². The molecule has 12 heavy (non-hydrogen) atoms. The average Bonchev–Trinajstić information content (AvgIpc) is 2.04. The van der Waals surface area contributed by atoms with Gasteiger partial charge in [-0.05, 0) is 19.3 Å². The maximum Gasteiger partial charge on any atom is 0.0214 e. The number of halogens is 2. The Hall–Kier alpha value is 0.700. The second-order valence-corrected chi connectivity index (χ2v) is 5.02.